The van der Waals surface area contributed by atoms with Crippen LogP contribution in [0, 0.1) is 13.8 Å². The maximum atomic E-state index is 12.9. The Bertz CT molecular complexity index is 1020. The lowest BCUT2D eigenvalue weighted by molar-refractivity contribution is 0.0383. The van der Waals surface area contributed by atoms with Gasteiger partial charge in [0, 0.05) is 31.7 Å². The fourth-order valence-corrected chi connectivity index (χ4v) is 4.82. The molecule has 30 heavy (non-hydrogen) atoms. The number of halogens is 1. The molecular weight excluding hydrogens is 426 g/mol. The second-order valence-electron chi connectivity index (χ2n) is 7.21. The number of benzene rings is 2. The predicted octanol–water partition coefficient (Wildman–Crippen LogP) is 2.82. The highest BCUT2D eigenvalue weighted by Crippen LogP contribution is 2.27. The van der Waals surface area contributed by atoms with Crippen LogP contribution >= 0.6 is 11.6 Å². The number of rotatable bonds is 7. The van der Waals surface area contributed by atoms with Gasteiger partial charge in [-0.2, -0.15) is 0 Å². The number of hydrogen-bond acceptors (Lipinski definition) is 5. The number of aryl methyl sites for hydroxylation is 1. The number of amides is 1. The van der Waals surface area contributed by atoms with Crippen molar-refractivity contribution in [2.75, 3.05) is 44.1 Å². The van der Waals surface area contributed by atoms with Crippen LogP contribution < -0.4 is 10.0 Å². The quantitative estimate of drug-likeness (QED) is 0.675. The second kappa shape index (κ2) is 9.78. The molecule has 1 amide bonds. The molecule has 162 valence electrons. The molecule has 1 fully saturated rings. The molecule has 1 heterocycles. The van der Waals surface area contributed by atoms with Gasteiger partial charge in [-0.3, -0.25) is 14.4 Å². The first kappa shape index (κ1) is 22.6. The molecule has 0 atom stereocenters. The van der Waals surface area contributed by atoms with Crippen LogP contribution in [0.15, 0.2) is 41.3 Å². The third-order valence-corrected chi connectivity index (χ3v) is 7.00. The number of carbonyl (C=O) groups excluding carboxylic acids is 1. The zero-order valence-corrected chi connectivity index (χ0v) is 18.6. The third kappa shape index (κ3) is 5.51. The summed E-state index contributed by atoms with van der Waals surface area (Å²) in [6, 6.07) is 9.62. The smallest absolute Gasteiger partial charge is 0.263 e. The first-order valence-corrected chi connectivity index (χ1v) is 11.6. The normalized spacial score (nSPS) is 15.0. The van der Waals surface area contributed by atoms with Crippen molar-refractivity contribution < 1.29 is 17.9 Å². The van der Waals surface area contributed by atoms with Crippen molar-refractivity contribution in [2.45, 2.75) is 18.7 Å². The van der Waals surface area contributed by atoms with E-state index in [4.69, 9.17) is 16.3 Å². The molecule has 7 nitrogen and oxygen atoms in total. The molecule has 2 aromatic carbocycles. The van der Waals surface area contributed by atoms with Crippen molar-refractivity contribution in [3.8, 4) is 0 Å². The summed E-state index contributed by atoms with van der Waals surface area (Å²) >= 11 is 6.16. The fraction of sp³-hybridized carbons (Fsp3) is 0.381. The number of carbonyl (C=O) groups is 1. The number of sulfonamides is 1. The zero-order chi connectivity index (χ0) is 21.7. The van der Waals surface area contributed by atoms with E-state index < -0.39 is 10.0 Å². The second-order valence-corrected chi connectivity index (χ2v) is 9.27. The number of nitrogens with zero attached hydrogens (tertiary/aromatic N) is 1. The van der Waals surface area contributed by atoms with Crippen LogP contribution in [-0.4, -0.2) is 58.6 Å². The molecule has 0 unspecified atom stereocenters. The van der Waals surface area contributed by atoms with Crippen molar-refractivity contribution in [3.63, 3.8) is 0 Å². The molecule has 0 radical (unpaired) electrons. The van der Waals surface area contributed by atoms with Gasteiger partial charge in [-0.1, -0.05) is 23.7 Å². The maximum absolute atomic E-state index is 12.9. The van der Waals surface area contributed by atoms with E-state index in [9.17, 15) is 13.2 Å². The van der Waals surface area contributed by atoms with Crippen LogP contribution in [0.3, 0.4) is 0 Å². The third-order valence-electron chi connectivity index (χ3n) is 5.15. The van der Waals surface area contributed by atoms with Gasteiger partial charge in [-0.25, -0.2) is 8.42 Å². The molecule has 0 saturated carbocycles. The summed E-state index contributed by atoms with van der Waals surface area (Å²) in [5.41, 5.74) is 2.51. The lowest BCUT2D eigenvalue weighted by Gasteiger charge is -2.26. The van der Waals surface area contributed by atoms with E-state index in [2.05, 4.69) is 14.9 Å². The largest absolute Gasteiger partial charge is 0.379 e. The Labute approximate surface area is 182 Å². The number of ether oxygens (including phenoxy) is 1. The van der Waals surface area contributed by atoms with Gasteiger partial charge in [-0.05, 0) is 49.2 Å². The maximum Gasteiger partial charge on any atom is 0.263 e. The monoisotopic (exact) mass is 451 g/mol. The summed E-state index contributed by atoms with van der Waals surface area (Å²) in [7, 11) is -3.96. The summed E-state index contributed by atoms with van der Waals surface area (Å²) in [6.07, 6.45) is 0. The minimum absolute atomic E-state index is 0.0534. The zero-order valence-electron chi connectivity index (χ0n) is 17.1. The van der Waals surface area contributed by atoms with Gasteiger partial charge >= 0.3 is 0 Å². The van der Waals surface area contributed by atoms with Gasteiger partial charge in [0.15, 0.2) is 0 Å². The van der Waals surface area contributed by atoms with Crippen LogP contribution in [0.5, 0.6) is 0 Å². The molecule has 0 aliphatic carbocycles. The van der Waals surface area contributed by atoms with Gasteiger partial charge in [0.2, 0.25) is 0 Å². The van der Waals surface area contributed by atoms with Crippen LogP contribution in [-0.2, 0) is 14.8 Å². The van der Waals surface area contributed by atoms with Gasteiger partial charge < -0.3 is 10.1 Å². The standard InChI is InChI=1S/C21H26ClN3O4S/c1-15-4-3-5-19(16(15)2)24-30(27,28)20-14-17(6-7-18(20)22)21(26)23-8-9-25-10-12-29-13-11-25/h3-7,14,24H,8-13H2,1-2H3,(H,23,26). The van der Waals surface area contributed by atoms with Crippen LogP contribution in [0.2, 0.25) is 5.02 Å². The van der Waals surface area contributed by atoms with E-state index in [0.29, 0.717) is 32.0 Å². The average molecular weight is 452 g/mol. The number of hydrogen-bond donors (Lipinski definition) is 2. The first-order valence-electron chi connectivity index (χ1n) is 9.75. The van der Waals surface area contributed by atoms with Crippen molar-refractivity contribution in [1.82, 2.24) is 10.2 Å². The Morgan fingerprint density at radius 2 is 1.90 bits per heavy atom. The highest BCUT2D eigenvalue weighted by atomic mass is 35.5. The topological polar surface area (TPSA) is 87.7 Å². The molecule has 1 aliphatic rings. The van der Waals surface area contributed by atoms with E-state index in [1.54, 1.807) is 12.1 Å². The van der Waals surface area contributed by atoms with Gasteiger partial charge in [0.1, 0.15) is 4.90 Å². The molecule has 2 N–H and O–H groups in total. The molecule has 0 aromatic heterocycles. The Morgan fingerprint density at radius 1 is 1.17 bits per heavy atom. The fourth-order valence-electron chi connectivity index (χ4n) is 3.17. The molecule has 2 aromatic rings. The lowest BCUT2D eigenvalue weighted by Crippen LogP contribution is -2.41. The molecule has 1 saturated heterocycles. The SMILES string of the molecule is Cc1cccc(NS(=O)(=O)c2cc(C(=O)NCCN3CCOCC3)ccc2Cl)c1C. The van der Waals surface area contributed by atoms with Crippen molar-refractivity contribution in [2.24, 2.45) is 0 Å². The predicted molar refractivity (Wildman–Crippen MR) is 118 cm³/mol. The Balaban J connectivity index is 1.71. The summed E-state index contributed by atoms with van der Waals surface area (Å²) in [5.74, 6) is -0.344. The van der Waals surface area contributed by atoms with Crippen LogP contribution in [0.1, 0.15) is 21.5 Å². The highest BCUT2D eigenvalue weighted by Gasteiger charge is 2.21. The average Bonchev–Trinajstić information content (AvgIpc) is 2.72. The van der Waals surface area contributed by atoms with E-state index in [0.717, 1.165) is 24.2 Å². The molecular formula is C21H26ClN3O4S. The van der Waals surface area contributed by atoms with Crippen molar-refractivity contribution in [1.29, 1.82) is 0 Å². The Hall–Kier alpha value is -2.13. The number of anilines is 1. The lowest BCUT2D eigenvalue weighted by atomic mass is 10.1. The van der Waals surface area contributed by atoms with Crippen molar-refractivity contribution in [3.05, 3.63) is 58.1 Å². The van der Waals surface area contributed by atoms with Crippen molar-refractivity contribution >= 4 is 33.2 Å². The van der Waals surface area contributed by atoms with Gasteiger partial charge in [-0.15, -0.1) is 0 Å². The summed E-state index contributed by atoms with van der Waals surface area (Å²) < 4.78 is 33.8. The summed E-state index contributed by atoms with van der Waals surface area (Å²) in [5, 5.41) is 2.88. The summed E-state index contributed by atoms with van der Waals surface area (Å²) in [4.78, 5) is 14.6. The molecule has 1 aliphatic heterocycles. The van der Waals surface area contributed by atoms with E-state index in [1.807, 2.05) is 19.9 Å². The minimum Gasteiger partial charge on any atom is -0.379 e. The minimum atomic E-state index is -3.96. The molecule has 0 bridgehead atoms. The highest BCUT2D eigenvalue weighted by molar-refractivity contribution is 7.92. The Morgan fingerprint density at radius 3 is 2.63 bits per heavy atom. The molecule has 3 rings (SSSR count). The summed E-state index contributed by atoms with van der Waals surface area (Å²) in [6.45, 7) is 7.98. The van der Waals surface area contributed by atoms with E-state index >= 15 is 0 Å². The van der Waals surface area contributed by atoms with Crippen LogP contribution in [0.4, 0.5) is 5.69 Å². The van der Waals surface area contributed by atoms with E-state index in [1.165, 1.54) is 18.2 Å². The van der Waals surface area contributed by atoms with Gasteiger partial charge in [0.25, 0.3) is 15.9 Å². The van der Waals surface area contributed by atoms with Crippen LogP contribution in [0.25, 0.3) is 0 Å². The molecule has 0 spiro atoms. The Kier molecular flexibility index (Phi) is 7.36. The number of morpholine rings is 1. The first-order chi connectivity index (χ1) is 14.3. The molecule has 9 heteroatoms. The number of nitrogens with one attached hydrogen (secondary N) is 2. The van der Waals surface area contributed by atoms with E-state index in [-0.39, 0.29) is 21.4 Å². The van der Waals surface area contributed by atoms with Gasteiger partial charge in [0.05, 0.1) is 23.9 Å².